The average Bonchev–Trinajstić information content (AvgIpc) is 2.68. The third kappa shape index (κ3) is 3.45. The van der Waals surface area contributed by atoms with Gasteiger partial charge in [0.2, 0.25) is 0 Å². The number of piperidine rings is 1. The molecule has 1 aromatic rings. The zero-order valence-corrected chi connectivity index (χ0v) is 13.7. The van der Waals surface area contributed by atoms with Crippen molar-refractivity contribution in [1.82, 2.24) is 14.7 Å². The molecule has 1 aromatic heterocycles. The van der Waals surface area contributed by atoms with Crippen molar-refractivity contribution in [2.45, 2.75) is 45.3 Å². The SMILES string of the molecule is CC(C)(C)OC(=O)N1CCCC(n2ncc(Br)c2N)C1. The summed E-state index contributed by atoms with van der Waals surface area (Å²) in [5.41, 5.74) is 5.50. The normalized spacial score (nSPS) is 20.0. The van der Waals surface area contributed by atoms with Crippen LogP contribution >= 0.6 is 15.9 Å². The zero-order chi connectivity index (χ0) is 14.9. The average molecular weight is 345 g/mol. The first-order valence-corrected chi connectivity index (χ1v) is 7.53. The van der Waals surface area contributed by atoms with Gasteiger partial charge in [-0.15, -0.1) is 0 Å². The number of aromatic nitrogens is 2. The second-order valence-corrected chi connectivity index (χ2v) is 6.90. The Balaban J connectivity index is 2.05. The molecule has 0 aromatic carbocycles. The number of amides is 1. The molecule has 1 fully saturated rings. The van der Waals surface area contributed by atoms with Crippen LogP contribution in [-0.2, 0) is 4.74 Å². The van der Waals surface area contributed by atoms with E-state index in [1.807, 2.05) is 20.8 Å². The first-order valence-electron chi connectivity index (χ1n) is 6.74. The number of nitrogens with two attached hydrogens (primary N) is 1. The van der Waals surface area contributed by atoms with Crippen LogP contribution in [0.5, 0.6) is 0 Å². The van der Waals surface area contributed by atoms with Gasteiger partial charge in [-0.05, 0) is 49.5 Å². The van der Waals surface area contributed by atoms with Crippen LogP contribution in [-0.4, -0.2) is 39.5 Å². The highest BCUT2D eigenvalue weighted by Crippen LogP contribution is 2.28. The quantitative estimate of drug-likeness (QED) is 0.849. The minimum absolute atomic E-state index is 0.0996. The van der Waals surface area contributed by atoms with E-state index in [1.165, 1.54) is 0 Å². The molecule has 2 rings (SSSR count). The van der Waals surface area contributed by atoms with E-state index in [4.69, 9.17) is 10.5 Å². The molecule has 7 heteroatoms. The van der Waals surface area contributed by atoms with Gasteiger partial charge in [-0.25, -0.2) is 9.48 Å². The second-order valence-electron chi connectivity index (χ2n) is 6.04. The third-order valence-electron chi connectivity index (χ3n) is 3.18. The van der Waals surface area contributed by atoms with E-state index in [2.05, 4.69) is 21.0 Å². The zero-order valence-electron chi connectivity index (χ0n) is 12.1. The standard InChI is InChI=1S/C13H21BrN4O2/c1-13(2,3)20-12(19)17-6-4-5-9(8-17)18-11(15)10(14)7-16-18/h7,9H,4-6,8,15H2,1-3H3. The van der Waals surface area contributed by atoms with Crippen LogP contribution in [0.15, 0.2) is 10.7 Å². The van der Waals surface area contributed by atoms with Crippen molar-refractivity contribution in [3.8, 4) is 0 Å². The number of carbonyl (C=O) groups excluding carboxylic acids is 1. The molecule has 0 spiro atoms. The molecule has 1 amide bonds. The van der Waals surface area contributed by atoms with Gasteiger partial charge in [0.1, 0.15) is 11.4 Å². The van der Waals surface area contributed by atoms with Crippen molar-refractivity contribution in [2.75, 3.05) is 18.8 Å². The Morgan fingerprint density at radius 3 is 2.80 bits per heavy atom. The molecule has 112 valence electrons. The van der Waals surface area contributed by atoms with Gasteiger partial charge in [0.15, 0.2) is 0 Å². The molecule has 20 heavy (non-hydrogen) atoms. The molecule has 0 radical (unpaired) electrons. The second kappa shape index (κ2) is 5.63. The highest BCUT2D eigenvalue weighted by Gasteiger charge is 2.29. The number of halogens is 1. The number of hydrogen-bond donors (Lipinski definition) is 1. The van der Waals surface area contributed by atoms with Crippen molar-refractivity contribution in [1.29, 1.82) is 0 Å². The summed E-state index contributed by atoms with van der Waals surface area (Å²) in [5, 5.41) is 4.27. The number of hydrogen-bond acceptors (Lipinski definition) is 4. The van der Waals surface area contributed by atoms with Gasteiger partial charge in [-0.1, -0.05) is 0 Å². The van der Waals surface area contributed by atoms with E-state index in [0.29, 0.717) is 18.9 Å². The molecular weight excluding hydrogens is 324 g/mol. The maximum Gasteiger partial charge on any atom is 0.410 e. The number of anilines is 1. The van der Waals surface area contributed by atoms with Crippen LogP contribution in [0.25, 0.3) is 0 Å². The van der Waals surface area contributed by atoms with E-state index in [0.717, 1.165) is 17.3 Å². The van der Waals surface area contributed by atoms with Gasteiger partial charge >= 0.3 is 6.09 Å². The molecule has 1 atom stereocenters. The molecule has 2 heterocycles. The van der Waals surface area contributed by atoms with Crippen LogP contribution < -0.4 is 5.73 Å². The van der Waals surface area contributed by atoms with Crippen molar-refractivity contribution in [3.05, 3.63) is 10.7 Å². The Labute approximate surface area is 127 Å². The molecule has 1 aliphatic heterocycles. The first kappa shape index (κ1) is 15.2. The monoisotopic (exact) mass is 344 g/mol. The van der Waals surface area contributed by atoms with Crippen LogP contribution in [0.4, 0.5) is 10.6 Å². The Morgan fingerprint density at radius 1 is 1.55 bits per heavy atom. The minimum atomic E-state index is -0.474. The van der Waals surface area contributed by atoms with Crippen LogP contribution in [0, 0.1) is 0 Å². The van der Waals surface area contributed by atoms with Crippen molar-refractivity contribution < 1.29 is 9.53 Å². The summed E-state index contributed by atoms with van der Waals surface area (Å²) in [6.07, 6.45) is 3.28. The van der Waals surface area contributed by atoms with Crippen molar-refractivity contribution >= 4 is 27.8 Å². The minimum Gasteiger partial charge on any atom is -0.444 e. The topological polar surface area (TPSA) is 73.4 Å². The number of ether oxygens (including phenoxy) is 1. The van der Waals surface area contributed by atoms with E-state index in [-0.39, 0.29) is 12.1 Å². The van der Waals surface area contributed by atoms with Gasteiger partial charge in [0, 0.05) is 13.1 Å². The molecule has 0 saturated carbocycles. The number of nitrogens with zero attached hydrogens (tertiary/aromatic N) is 3. The fourth-order valence-electron chi connectivity index (χ4n) is 2.29. The largest absolute Gasteiger partial charge is 0.444 e. The fourth-order valence-corrected chi connectivity index (χ4v) is 2.56. The highest BCUT2D eigenvalue weighted by molar-refractivity contribution is 9.10. The maximum absolute atomic E-state index is 12.1. The van der Waals surface area contributed by atoms with E-state index in [1.54, 1.807) is 15.8 Å². The van der Waals surface area contributed by atoms with Crippen LogP contribution in [0.1, 0.15) is 39.7 Å². The molecule has 2 N–H and O–H groups in total. The number of nitrogen functional groups attached to an aromatic ring is 1. The lowest BCUT2D eigenvalue weighted by molar-refractivity contribution is 0.0168. The lowest BCUT2D eigenvalue weighted by atomic mass is 10.1. The van der Waals surface area contributed by atoms with Gasteiger partial charge in [0.25, 0.3) is 0 Å². The lowest BCUT2D eigenvalue weighted by Crippen LogP contribution is -2.43. The highest BCUT2D eigenvalue weighted by atomic mass is 79.9. The summed E-state index contributed by atoms with van der Waals surface area (Å²) in [4.78, 5) is 13.8. The Morgan fingerprint density at radius 2 is 2.25 bits per heavy atom. The molecule has 6 nitrogen and oxygen atoms in total. The van der Waals surface area contributed by atoms with E-state index in [9.17, 15) is 4.79 Å². The van der Waals surface area contributed by atoms with Crippen molar-refractivity contribution in [3.63, 3.8) is 0 Å². The smallest absolute Gasteiger partial charge is 0.410 e. The Kier molecular flexibility index (Phi) is 4.27. The predicted molar refractivity (Wildman–Crippen MR) is 80.4 cm³/mol. The summed E-state index contributed by atoms with van der Waals surface area (Å²) in [6, 6.07) is 0.0996. The number of likely N-dealkylation sites (tertiary alicyclic amines) is 1. The summed E-state index contributed by atoms with van der Waals surface area (Å²) in [6.45, 7) is 6.90. The maximum atomic E-state index is 12.1. The molecule has 1 saturated heterocycles. The van der Waals surface area contributed by atoms with Gasteiger partial charge < -0.3 is 15.4 Å². The van der Waals surface area contributed by atoms with Gasteiger partial charge in [0.05, 0.1) is 16.7 Å². The van der Waals surface area contributed by atoms with Crippen LogP contribution in [0.2, 0.25) is 0 Å². The van der Waals surface area contributed by atoms with E-state index < -0.39 is 5.60 Å². The molecule has 0 aliphatic carbocycles. The summed E-state index contributed by atoms with van der Waals surface area (Å²) in [5.74, 6) is 0.598. The Hall–Kier alpha value is -1.24. The first-order chi connectivity index (χ1) is 9.28. The third-order valence-corrected chi connectivity index (χ3v) is 3.79. The molecule has 0 bridgehead atoms. The summed E-state index contributed by atoms with van der Waals surface area (Å²) in [7, 11) is 0. The van der Waals surface area contributed by atoms with Crippen LogP contribution in [0.3, 0.4) is 0 Å². The molecular formula is C13H21BrN4O2. The predicted octanol–water partition coefficient (Wildman–Crippen LogP) is 2.80. The fraction of sp³-hybridized carbons (Fsp3) is 0.692. The summed E-state index contributed by atoms with van der Waals surface area (Å²) >= 11 is 3.35. The molecule has 1 aliphatic rings. The lowest BCUT2D eigenvalue weighted by Gasteiger charge is -2.34. The number of carbonyl (C=O) groups is 1. The number of rotatable bonds is 1. The van der Waals surface area contributed by atoms with E-state index >= 15 is 0 Å². The Bertz CT molecular complexity index is 495. The molecule has 1 unspecified atom stereocenters. The van der Waals surface area contributed by atoms with Crippen molar-refractivity contribution in [2.24, 2.45) is 0 Å². The van der Waals surface area contributed by atoms with Gasteiger partial charge in [-0.3, -0.25) is 0 Å². The van der Waals surface area contributed by atoms with Gasteiger partial charge in [-0.2, -0.15) is 5.10 Å². The summed E-state index contributed by atoms with van der Waals surface area (Å²) < 4.78 is 7.98.